The number of fused-ring (bicyclic) bond motifs is 3. The molecule has 4 saturated heterocycles. The van der Waals surface area contributed by atoms with Crippen molar-refractivity contribution in [1.82, 2.24) is 9.13 Å². The van der Waals surface area contributed by atoms with Gasteiger partial charge in [-0.1, -0.05) is 12.1 Å². The van der Waals surface area contributed by atoms with Gasteiger partial charge in [-0.25, -0.2) is 4.79 Å². The standard InChI is InChI=1S/C27H38N2O11/c1-26(2)37-21-19(33-5)17(35-23(21)39-26)15(30)11-28-13-9-7-8-10-14(13)29(25(28)32)12-16(31)18-20(34-6)22-24(36-18)40-27(3,4)38-22/h7-10,15-24,30-31H,11-12H2,1-6H3/t15-,16+,17-,18-,19+,20+,21+,22+,23+,24-/m0/s1. The van der Waals surface area contributed by atoms with Gasteiger partial charge in [0, 0.05) is 14.2 Å². The molecule has 6 rings (SSSR count). The number of ether oxygens (including phenoxy) is 8. The fraction of sp³-hybridized carbons (Fsp3) is 0.741. The number of aliphatic hydroxyl groups excluding tert-OH is 2. The topological polar surface area (TPSA) is 141 Å². The van der Waals surface area contributed by atoms with Gasteiger partial charge in [0.15, 0.2) is 24.2 Å². The molecule has 2 N–H and O–H groups in total. The van der Waals surface area contributed by atoms with Crippen LogP contribution in [-0.2, 0) is 51.0 Å². The van der Waals surface area contributed by atoms with Crippen molar-refractivity contribution < 1.29 is 48.1 Å². The molecule has 2 aromatic rings. The molecule has 10 atom stereocenters. The molecule has 0 aliphatic carbocycles. The Morgan fingerprint density at radius 2 is 1.18 bits per heavy atom. The second kappa shape index (κ2) is 10.1. The Morgan fingerprint density at radius 3 is 1.55 bits per heavy atom. The first-order chi connectivity index (χ1) is 18.9. The number of imidazole rings is 1. The summed E-state index contributed by atoms with van der Waals surface area (Å²) in [6, 6.07) is 7.19. The number of aromatic nitrogens is 2. The van der Waals surface area contributed by atoms with Gasteiger partial charge in [-0.15, -0.1) is 0 Å². The van der Waals surface area contributed by atoms with E-state index >= 15 is 0 Å². The van der Waals surface area contributed by atoms with Gasteiger partial charge in [0.2, 0.25) is 0 Å². The average molecular weight is 567 g/mol. The molecule has 0 bridgehead atoms. The van der Waals surface area contributed by atoms with Crippen molar-refractivity contribution in [3.05, 3.63) is 34.7 Å². The fourth-order valence-corrected chi connectivity index (χ4v) is 6.37. The lowest BCUT2D eigenvalue weighted by Gasteiger charge is -2.28. The number of para-hydroxylation sites is 2. The van der Waals surface area contributed by atoms with E-state index < -0.39 is 78.7 Å². The second-order valence-corrected chi connectivity index (χ2v) is 11.7. The summed E-state index contributed by atoms with van der Waals surface area (Å²) in [6.07, 6.45) is -7.36. The van der Waals surface area contributed by atoms with Crippen LogP contribution >= 0.6 is 0 Å². The number of hydrogen-bond acceptors (Lipinski definition) is 11. The molecule has 0 radical (unpaired) electrons. The Labute approximate surface area is 231 Å². The normalized spacial score (nSPS) is 37.6. The van der Waals surface area contributed by atoms with E-state index in [1.54, 1.807) is 39.8 Å². The predicted molar refractivity (Wildman–Crippen MR) is 137 cm³/mol. The Balaban J connectivity index is 1.22. The van der Waals surface area contributed by atoms with E-state index in [1.165, 1.54) is 23.4 Å². The van der Waals surface area contributed by atoms with Crippen molar-refractivity contribution in [2.24, 2.45) is 0 Å². The summed E-state index contributed by atoms with van der Waals surface area (Å²) in [7, 11) is 3.04. The van der Waals surface area contributed by atoms with Crippen LogP contribution in [0.4, 0.5) is 0 Å². The zero-order chi connectivity index (χ0) is 28.6. The molecule has 0 saturated carbocycles. The lowest BCUT2D eigenvalue weighted by atomic mass is 10.1. The molecule has 4 aliphatic heterocycles. The zero-order valence-corrected chi connectivity index (χ0v) is 23.5. The first-order valence-electron chi connectivity index (χ1n) is 13.5. The maximum absolute atomic E-state index is 13.7. The lowest BCUT2D eigenvalue weighted by Crippen LogP contribution is -2.46. The Bertz CT molecular complexity index is 1200. The number of aliphatic hydroxyl groups is 2. The highest BCUT2D eigenvalue weighted by atomic mass is 16.9. The summed E-state index contributed by atoms with van der Waals surface area (Å²) in [5, 5.41) is 22.5. The van der Waals surface area contributed by atoms with Gasteiger partial charge in [0.25, 0.3) is 0 Å². The highest BCUT2D eigenvalue weighted by Gasteiger charge is 2.58. The van der Waals surface area contributed by atoms with Crippen LogP contribution in [0.2, 0.25) is 0 Å². The molecule has 0 spiro atoms. The first kappa shape index (κ1) is 28.2. The van der Waals surface area contributed by atoms with E-state index in [-0.39, 0.29) is 13.1 Å². The smallest absolute Gasteiger partial charge is 0.329 e. The average Bonchev–Trinajstić information content (AvgIpc) is 3.63. The third-order valence-corrected chi connectivity index (χ3v) is 8.02. The maximum atomic E-state index is 13.7. The number of hydrogen-bond donors (Lipinski definition) is 2. The molecule has 0 amide bonds. The van der Waals surface area contributed by atoms with Crippen LogP contribution in [0, 0.1) is 0 Å². The molecule has 40 heavy (non-hydrogen) atoms. The van der Waals surface area contributed by atoms with Crippen LogP contribution in [0.5, 0.6) is 0 Å². The molecule has 4 fully saturated rings. The minimum atomic E-state index is -1.11. The summed E-state index contributed by atoms with van der Waals surface area (Å²) in [5.74, 6) is -1.66. The maximum Gasteiger partial charge on any atom is 0.329 e. The van der Waals surface area contributed by atoms with Gasteiger partial charge in [0.1, 0.15) is 48.8 Å². The predicted octanol–water partition coefficient (Wildman–Crippen LogP) is 0.308. The third kappa shape index (κ3) is 4.71. The number of benzene rings is 1. The number of methoxy groups -OCH3 is 2. The van der Waals surface area contributed by atoms with E-state index in [1.807, 2.05) is 12.1 Å². The molecule has 1 aromatic carbocycles. The van der Waals surface area contributed by atoms with Crippen LogP contribution in [0.3, 0.4) is 0 Å². The van der Waals surface area contributed by atoms with Gasteiger partial charge < -0.3 is 48.1 Å². The highest BCUT2D eigenvalue weighted by molar-refractivity contribution is 5.76. The van der Waals surface area contributed by atoms with Crippen molar-refractivity contribution >= 4 is 11.0 Å². The molecule has 1 aromatic heterocycles. The second-order valence-electron chi connectivity index (χ2n) is 11.7. The van der Waals surface area contributed by atoms with Crippen LogP contribution in [0.25, 0.3) is 11.0 Å². The number of rotatable bonds is 8. The molecule has 222 valence electrons. The van der Waals surface area contributed by atoms with Gasteiger partial charge in [-0.05, 0) is 39.8 Å². The third-order valence-electron chi connectivity index (χ3n) is 8.02. The van der Waals surface area contributed by atoms with Crippen molar-refractivity contribution in [2.75, 3.05) is 14.2 Å². The van der Waals surface area contributed by atoms with Crippen LogP contribution in [0.1, 0.15) is 27.7 Å². The fourth-order valence-electron chi connectivity index (χ4n) is 6.37. The van der Waals surface area contributed by atoms with E-state index in [2.05, 4.69) is 0 Å². The van der Waals surface area contributed by atoms with Gasteiger partial charge in [-0.2, -0.15) is 0 Å². The molecule has 0 unspecified atom stereocenters. The molecule has 13 nitrogen and oxygen atoms in total. The van der Waals surface area contributed by atoms with Crippen molar-refractivity contribution in [2.45, 2.75) is 114 Å². The summed E-state index contributed by atoms with van der Waals surface area (Å²) in [5.41, 5.74) is 0.793. The summed E-state index contributed by atoms with van der Waals surface area (Å²) in [4.78, 5) is 13.7. The molecular weight excluding hydrogens is 528 g/mol. The minimum Gasteiger partial charge on any atom is -0.388 e. The van der Waals surface area contributed by atoms with Gasteiger partial charge in [-0.3, -0.25) is 9.13 Å². The van der Waals surface area contributed by atoms with Gasteiger partial charge >= 0.3 is 5.69 Å². The van der Waals surface area contributed by atoms with E-state index in [9.17, 15) is 15.0 Å². The molecule has 4 aliphatic rings. The highest BCUT2D eigenvalue weighted by Crippen LogP contribution is 2.41. The molecule has 13 heteroatoms. The van der Waals surface area contributed by atoms with E-state index in [0.717, 1.165) is 0 Å². The van der Waals surface area contributed by atoms with Gasteiger partial charge in [0.05, 0.1) is 24.1 Å². The first-order valence-corrected chi connectivity index (χ1v) is 13.5. The van der Waals surface area contributed by atoms with Crippen LogP contribution in [0.15, 0.2) is 29.1 Å². The van der Waals surface area contributed by atoms with E-state index in [4.69, 9.17) is 37.9 Å². The van der Waals surface area contributed by atoms with Crippen molar-refractivity contribution in [3.8, 4) is 0 Å². The number of nitrogens with zero attached hydrogens (tertiary/aromatic N) is 2. The Kier molecular flexibility index (Phi) is 7.14. The summed E-state index contributed by atoms with van der Waals surface area (Å²) in [6.45, 7) is 7.00. The quantitative estimate of drug-likeness (QED) is 0.456. The summed E-state index contributed by atoms with van der Waals surface area (Å²) >= 11 is 0. The van der Waals surface area contributed by atoms with Crippen LogP contribution in [-0.4, -0.2) is 107 Å². The minimum absolute atomic E-state index is 0.0721. The largest absolute Gasteiger partial charge is 0.388 e. The zero-order valence-electron chi connectivity index (χ0n) is 23.5. The SMILES string of the molecule is CO[C@@H]1[C@H]([C@H](O)Cn2c(=O)n(C[C@H](O)[C@@H]3O[C@@H]4OC(C)(C)O[C@@H]4[C@@H]3OC)c3ccccc32)O[C@H]2OC(C)(C)O[C@@H]21. The Hall–Kier alpha value is -1.91. The molecular formula is C27H38N2O11. The lowest BCUT2D eigenvalue weighted by molar-refractivity contribution is -0.228. The van der Waals surface area contributed by atoms with Crippen molar-refractivity contribution in [1.29, 1.82) is 0 Å². The molecule has 5 heterocycles. The monoisotopic (exact) mass is 566 g/mol. The van der Waals surface area contributed by atoms with E-state index in [0.29, 0.717) is 11.0 Å². The summed E-state index contributed by atoms with van der Waals surface area (Å²) < 4.78 is 49.6. The van der Waals surface area contributed by atoms with Crippen molar-refractivity contribution in [3.63, 3.8) is 0 Å². The Morgan fingerprint density at radius 1 is 0.775 bits per heavy atom. The van der Waals surface area contributed by atoms with Crippen LogP contribution < -0.4 is 5.69 Å².